The van der Waals surface area contributed by atoms with Crippen molar-refractivity contribution >= 4 is 27.5 Å². The van der Waals surface area contributed by atoms with E-state index >= 15 is 0 Å². The molecule has 1 aliphatic heterocycles. The highest BCUT2D eigenvalue weighted by Crippen LogP contribution is 2.32. The van der Waals surface area contributed by atoms with E-state index in [9.17, 15) is 18.0 Å². The third-order valence-electron chi connectivity index (χ3n) is 2.72. The zero-order valence-corrected chi connectivity index (χ0v) is 11.0. The van der Waals surface area contributed by atoms with Gasteiger partial charge in [-0.05, 0) is 19.1 Å². The van der Waals surface area contributed by atoms with Crippen LogP contribution >= 0.6 is 15.9 Å². The van der Waals surface area contributed by atoms with Gasteiger partial charge < -0.3 is 4.90 Å². The van der Waals surface area contributed by atoms with Crippen LogP contribution in [0.5, 0.6) is 0 Å². The summed E-state index contributed by atoms with van der Waals surface area (Å²) in [5.41, 5.74) is -0.291. The van der Waals surface area contributed by atoms with Crippen LogP contribution in [0, 0.1) is 6.92 Å². The number of carbonyl (C=O) groups is 1. The largest absolute Gasteiger partial charge is 0.433 e. The van der Waals surface area contributed by atoms with Crippen molar-refractivity contribution in [3.05, 3.63) is 23.5 Å². The van der Waals surface area contributed by atoms with Gasteiger partial charge in [-0.25, -0.2) is 4.98 Å². The zero-order chi connectivity index (χ0) is 13.5. The summed E-state index contributed by atoms with van der Waals surface area (Å²) in [4.78, 5) is 16.7. The van der Waals surface area contributed by atoms with Crippen LogP contribution in [0.1, 0.15) is 17.8 Å². The van der Waals surface area contributed by atoms with E-state index in [-0.39, 0.29) is 16.4 Å². The van der Waals surface area contributed by atoms with E-state index in [1.54, 1.807) is 0 Å². The maximum Gasteiger partial charge on any atom is 0.433 e. The van der Waals surface area contributed by atoms with Gasteiger partial charge in [0.15, 0.2) is 0 Å². The summed E-state index contributed by atoms with van der Waals surface area (Å²) in [6, 6.07) is 2.20. The van der Waals surface area contributed by atoms with Gasteiger partial charge in [0, 0.05) is 17.8 Å². The molecule has 0 aromatic carbocycles. The number of hydrogen-bond donors (Lipinski definition) is 0. The summed E-state index contributed by atoms with van der Waals surface area (Å²) in [5.74, 6) is -0.110. The lowest BCUT2D eigenvalue weighted by molar-refractivity contribution is -0.141. The molecule has 2 rings (SSSR count). The van der Waals surface area contributed by atoms with E-state index in [2.05, 4.69) is 20.9 Å². The lowest BCUT2D eigenvalue weighted by Gasteiger charge is -2.18. The number of aryl methyl sites for hydroxylation is 1. The van der Waals surface area contributed by atoms with Gasteiger partial charge in [-0.2, -0.15) is 13.2 Å². The number of pyridine rings is 1. The Morgan fingerprint density at radius 2 is 2.11 bits per heavy atom. The Balaban J connectivity index is 2.34. The van der Waals surface area contributed by atoms with E-state index in [1.807, 2.05) is 0 Å². The number of nitrogens with zero attached hydrogens (tertiary/aromatic N) is 2. The van der Waals surface area contributed by atoms with Crippen LogP contribution < -0.4 is 4.90 Å². The fourth-order valence-electron chi connectivity index (χ4n) is 1.89. The average Bonchev–Trinajstić information content (AvgIpc) is 2.56. The fourth-order valence-corrected chi connectivity index (χ4v) is 2.46. The van der Waals surface area contributed by atoms with E-state index in [0.717, 1.165) is 6.07 Å². The normalized spacial score (nSPS) is 20.6. The number of aromatic nitrogens is 1. The first kappa shape index (κ1) is 13.3. The molecule has 0 N–H and O–H groups in total. The Morgan fingerprint density at radius 3 is 2.56 bits per heavy atom. The van der Waals surface area contributed by atoms with Crippen molar-refractivity contribution in [3.63, 3.8) is 0 Å². The summed E-state index contributed by atoms with van der Waals surface area (Å²) in [7, 11) is 0. The molecule has 0 aliphatic carbocycles. The molecule has 1 atom stereocenters. The number of carbonyl (C=O) groups excluding carboxylic acids is 1. The Kier molecular flexibility index (Phi) is 3.35. The first-order chi connectivity index (χ1) is 8.29. The molecule has 1 unspecified atom stereocenters. The third-order valence-corrected chi connectivity index (χ3v) is 3.33. The monoisotopic (exact) mass is 322 g/mol. The smallest absolute Gasteiger partial charge is 0.309 e. The van der Waals surface area contributed by atoms with E-state index in [1.165, 1.54) is 17.9 Å². The average molecular weight is 323 g/mol. The predicted molar refractivity (Wildman–Crippen MR) is 63.7 cm³/mol. The lowest BCUT2D eigenvalue weighted by Crippen LogP contribution is -2.26. The first-order valence-electron chi connectivity index (χ1n) is 5.28. The van der Waals surface area contributed by atoms with Crippen molar-refractivity contribution in [2.75, 3.05) is 11.4 Å². The van der Waals surface area contributed by atoms with E-state index < -0.39 is 11.9 Å². The Bertz CT molecular complexity index is 490. The molecule has 0 radical (unpaired) electrons. The van der Waals surface area contributed by atoms with Gasteiger partial charge >= 0.3 is 6.18 Å². The van der Waals surface area contributed by atoms with E-state index in [4.69, 9.17) is 0 Å². The van der Waals surface area contributed by atoms with Gasteiger partial charge in [0.1, 0.15) is 5.69 Å². The van der Waals surface area contributed by atoms with Gasteiger partial charge in [-0.15, -0.1) is 0 Å². The van der Waals surface area contributed by atoms with Crippen LogP contribution in [0.4, 0.5) is 18.9 Å². The molecule has 0 bridgehead atoms. The number of anilines is 1. The fraction of sp³-hybridized carbons (Fsp3) is 0.455. The molecular weight excluding hydrogens is 313 g/mol. The predicted octanol–water partition coefficient (Wildman–Crippen LogP) is 2.91. The topological polar surface area (TPSA) is 33.2 Å². The zero-order valence-electron chi connectivity index (χ0n) is 9.46. The molecule has 2 heterocycles. The Labute approximate surface area is 110 Å². The quantitative estimate of drug-likeness (QED) is 0.745. The molecule has 3 nitrogen and oxygen atoms in total. The first-order valence-corrected chi connectivity index (χ1v) is 6.20. The van der Waals surface area contributed by atoms with Gasteiger partial charge in [-0.3, -0.25) is 4.79 Å². The maximum atomic E-state index is 12.5. The minimum Gasteiger partial charge on any atom is -0.309 e. The summed E-state index contributed by atoms with van der Waals surface area (Å²) >= 11 is 3.32. The highest BCUT2D eigenvalue weighted by molar-refractivity contribution is 9.09. The minimum absolute atomic E-state index is 0.0340. The lowest BCUT2D eigenvalue weighted by atomic mass is 10.2. The van der Waals surface area contributed by atoms with Crippen LogP contribution in [0.3, 0.4) is 0 Å². The molecule has 0 spiro atoms. The molecule has 7 heteroatoms. The molecule has 98 valence electrons. The molecule has 18 heavy (non-hydrogen) atoms. The van der Waals surface area contributed by atoms with Crippen LogP contribution in [0.15, 0.2) is 12.1 Å². The molecule has 0 saturated carbocycles. The summed E-state index contributed by atoms with van der Waals surface area (Å²) in [6.45, 7) is 1.92. The van der Waals surface area contributed by atoms with Gasteiger partial charge in [-0.1, -0.05) is 15.9 Å². The summed E-state index contributed by atoms with van der Waals surface area (Å²) in [6.07, 6.45) is -4.11. The molecular formula is C11H10BrF3N2O. The third kappa shape index (κ3) is 2.50. The summed E-state index contributed by atoms with van der Waals surface area (Å²) < 4.78 is 37.4. The second-order valence-corrected chi connectivity index (χ2v) is 5.40. The number of amides is 1. The minimum atomic E-state index is -4.46. The second-order valence-electron chi connectivity index (χ2n) is 4.10. The Hall–Kier alpha value is -1.11. The molecule has 1 fully saturated rings. The molecule has 1 saturated heterocycles. The van der Waals surface area contributed by atoms with Crippen LogP contribution in [-0.4, -0.2) is 22.3 Å². The summed E-state index contributed by atoms with van der Waals surface area (Å²) in [5, 5.41) is 0. The van der Waals surface area contributed by atoms with Crippen molar-refractivity contribution in [2.45, 2.75) is 24.3 Å². The number of rotatable bonds is 1. The van der Waals surface area contributed by atoms with Crippen LogP contribution in [0.2, 0.25) is 0 Å². The standard InChI is InChI=1S/C11H10BrF3N2O/c1-6-8(17-5-7(12)4-10(17)18)2-3-9(16-6)11(13,14)15/h2-3,7H,4-5H2,1H3. The van der Waals surface area contributed by atoms with Crippen molar-refractivity contribution in [1.29, 1.82) is 0 Å². The molecule has 1 aliphatic rings. The van der Waals surface area contributed by atoms with Crippen molar-refractivity contribution in [2.24, 2.45) is 0 Å². The Morgan fingerprint density at radius 1 is 1.44 bits per heavy atom. The second kappa shape index (κ2) is 4.53. The van der Waals surface area contributed by atoms with Crippen molar-refractivity contribution < 1.29 is 18.0 Å². The number of alkyl halides is 4. The van der Waals surface area contributed by atoms with Crippen molar-refractivity contribution in [1.82, 2.24) is 4.98 Å². The van der Waals surface area contributed by atoms with E-state index in [0.29, 0.717) is 18.7 Å². The van der Waals surface area contributed by atoms with Gasteiger partial charge in [0.05, 0.1) is 11.4 Å². The molecule has 1 amide bonds. The SMILES string of the molecule is Cc1nc(C(F)(F)F)ccc1N1CC(Br)CC1=O. The highest BCUT2D eigenvalue weighted by atomic mass is 79.9. The molecule has 1 aromatic rings. The van der Waals surface area contributed by atoms with Crippen LogP contribution in [-0.2, 0) is 11.0 Å². The van der Waals surface area contributed by atoms with Crippen LogP contribution in [0.25, 0.3) is 0 Å². The van der Waals surface area contributed by atoms with Gasteiger partial charge in [0.25, 0.3) is 0 Å². The number of hydrogen-bond acceptors (Lipinski definition) is 2. The molecule has 1 aromatic heterocycles. The maximum absolute atomic E-state index is 12.5. The highest BCUT2D eigenvalue weighted by Gasteiger charge is 2.34. The number of halogens is 4. The van der Waals surface area contributed by atoms with Gasteiger partial charge in [0.2, 0.25) is 5.91 Å². The van der Waals surface area contributed by atoms with Crippen molar-refractivity contribution in [3.8, 4) is 0 Å².